The highest BCUT2D eigenvalue weighted by Crippen LogP contribution is 2.29. The monoisotopic (exact) mass is 338 g/mol. The van der Waals surface area contributed by atoms with Gasteiger partial charge in [-0.3, -0.25) is 9.52 Å². The fraction of sp³-hybridized carbons (Fsp3) is 0.438. The van der Waals surface area contributed by atoms with E-state index in [-0.39, 0.29) is 11.7 Å². The van der Waals surface area contributed by atoms with Crippen LogP contribution in [0.3, 0.4) is 0 Å². The Morgan fingerprint density at radius 1 is 1.39 bits per heavy atom. The maximum absolute atomic E-state index is 12.0. The smallest absolute Gasteiger partial charge is 0.232 e. The average Bonchev–Trinajstić information content (AvgIpc) is 3.01. The van der Waals surface area contributed by atoms with Crippen LogP contribution in [0.4, 0.5) is 11.4 Å². The molecule has 1 aliphatic rings. The van der Waals surface area contributed by atoms with E-state index in [1.165, 1.54) is 7.11 Å². The minimum absolute atomic E-state index is 0.0243. The Hall–Kier alpha value is -2.02. The topological polar surface area (TPSA) is 84.5 Å². The SMILES string of the molecule is CCS(=O)(=O)Nc1ccc(NC(=O)C[C@@H]2C=CCC2)cc1OC. The Morgan fingerprint density at radius 3 is 2.78 bits per heavy atom. The van der Waals surface area contributed by atoms with E-state index in [0.717, 1.165) is 12.8 Å². The number of nitrogens with one attached hydrogen (secondary N) is 2. The van der Waals surface area contributed by atoms with E-state index < -0.39 is 10.0 Å². The zero-order chi connectivity index (χ0) is 16.9. The molecule has 0 saturated heterocycles. The molecule has 0 spiro atoms. The predicted octanol–water partition coefficient (Wildman–Crippen LogP) is 2.75. The van der Waals surface area contributed by atoms with Gasteiger partial charge in [-0.2, -0.15) is 0 Å². The molecule has 0 saturated carbocycles. The number of ether oxygens (including phenoxy) is 1. The molecule has 2 N–H and O–H groups in total. The summed E-state index contributed by atoms with van der Waals surface area (Å²) in [7, 11) is -1.93. The zero-order valence-electron chi connectivity index (χ0n) is 13.3. The third kappa shape index (κ3) is 4.99. The number of amides is 1. The third-order valence-corrected chi connectivity index (χ3v) is 4.98. The van der Waals surface area contributed by atoms with Crippen molar-refractivity contribution in [2.45, 2.75) is 26.2 Å². The van der Waals surface area contributed by atoms with Gasteiger partial charge in [0.25, 0.3) is 0 Å². The van der Waals surface area contributed by atoms with E-state index in [9.17, 15) is 13.2 Å². The number of carbonyl (C=O) groups is 1. The second-order valence-corrected chi connectivity index (χ2v) is 7.45. The molecule has 1 aromatic rings. The summed E-state index contributed by atoms with van der Waals surface area (Å²) in [6.07, 6.45) is 6.65. The largest absolute Gasteiger partial charge is 0.494 e. The maximum Gasteiger partial charge on any atom is 0.232 e. The van der Waals surface area contributed by atoms with E-state index in [1.807, 2.05) is 0 Å². The Kier molecular flexibility index (Phi) is 5.65. The normalized spacial score (nSPS) is 17.0. The summed E-state index contributed by atoms with van der Waals surface area (Å²) < 4.78 is 31.0. The molecule has 0 radical (unpaired) electrons. The molecule has 0 heterocycles. The Bertz CT molecular complexity index is 698. The first-order chi connectivity index (χ1) is 10.9. The lowest BCUT2D eigenvalue weighted by Crippen LogP contribution is -2.16. The van der Waals surface area contributed by atoms with Gasteiger partial charge in [-0.25, -0.2) is 8.42 Å². The van der Waals surface area contributed by atoms with Crippen molar-refractivity contribution in [1.82, 2.24) is 0 Å². The van der Waals surface area contributed by atoms with Gasteiger partial charge in [-0.1, -0.05) is 12.2 Å². The summed E-state index contributed by atoms with van der Waals surface area (Å²) in [5, 5.41) is 2.82. The number of allylic oxidation sites excluding steroid dienone is 2. The molecular formula is C16H22N2O4S. The highest BCUT2D eigenvalue weighted by atomic mass is 32.2. The molecule has 1 atom stereocenters. The van der Waals surface area contributed by atoms with E-state index in [2.05, 4.69) is 22.2 Å². The van der Waals surface area contributed by atoms with Gasteiger partial charge in [0.05, 0.1) is 18.6 Å². The van der Waals surface area contributed by atoms with Crippen LogP contribution in [0.25, 0.3) is 0 Å². The fourth-order valence-electron chi connectivity index (χ4n) is 2.41. The first kappa shape index (κ1) is 17.3. The molecule has 1 aliphatic carbocycles. The van der Waals surface area contributed by atoms with Gasteiger partial charge in [0.1, 0.15) is 5.75 Å². The Morgan fingerprint density at radius 2 is 2.17 bits per heavy atom. The van der Waals surface area contributed by atoms with Crippen molar-refractivity contribution in [2.24, 2.45) is 5.92 Å². The molecule has 126 valence electrons. The first-order valence-electron chi connectivity index (χ1n) is 7.58. The minimum Gasteiger partial charge on any atom is -0.494 e. The van der Waals surface area contributed by atoms with Gasteiger partial charge in [0, 0.05) is 18.2 Å². The van der Waals surface area contributed by atoms with Crippen molar-refractivity contribution in [3.05, 3.63) is 30.4 Å². The van der Waals surface area contributed by atoms with Gasteiger partial charge in [0.2, 0.25) is 15.9 Å². The van der Waals surface area contributed by atoms with Crippen LogP contribution in [0.1, 0.15) is 26.2 Å². The van der Waals surface area contributed by atoms with Crippen molar-refractivity contribution in [1.29, 1.82) is 0 Å². The molecule has 0 aliphatic heterocycles. The van der Waals surface area contributed by atoms with Gasteiger partial charge in [-0.15, -0.1) is 0 Å². The van der Waals surface area contributed by atoms with Gasteiger partial charge < -0.3 is 10.1 Å². The van der Waals surface area contributed by atoms with Crippen LogP contribution in [-0.2, 0) is 14.8 Å². The van der Waals surface area contributed by atoms with E-state index in [1.54, 1.807) is 25.1 Å². The lowest BCUT2D eigenvalue weighted by molar-refractivity contribution is -0.116. The van der Waals surface area contributed by atoms with Crippen molar-refractivity contribution < 1.29 is 17.9 Å². The first-order valence-corrected chi connectivity index (χ1v) is 9.24. The molecule has 0 unspecified atom stereocenters. The summed E-state index contributed by atoms with van der Waals surface area (Å²) in [6.45, 7) is 1.56. The zero-order valence-corrected chi connectivity index (χ0v) is 14.2. The number of rotatable bonds is 7. The molecule has 1 aromatic carbocycles. The summed E-state index contributed by atoms with van der Waals surface area (Å²) in [4.78, 5) is 12.0. The predicted molar refractivity (Wildman–Crippen MR) is 91.2 cm³/mol. The number of sulfonamides is 1. The number of benzene rings is 1. The molecule has 1 amide bonds. The number of anilines is 2. The summed E-state index contributed by atoms with van der Waals surface area (Å²) in [5.74, 6) is 0.572. The molecule has 0 fully saturated rings. The molecule has 23 heavy (non-hydrogen) atoms. The maximum atomic E-state index is 12.0. The highest BCUT2D eigenvalue weighted by molar-refractivity contribution is 7.92. The van der Waals surface area contributed by atoms with Crippen molar-refractivity contribution in [2.75, 3.05) is 22.9 Å². The van der Waals surface area contributed by atoms with Gasteiger partial charge in [-0.05, 0) is 37.8 Å². The van der Waals surface area contributed by atoms with Gasteiger partial charge >= 0.3 is 0 Å². The fourth-order valence-corrected chi connectivity index (χ4v) is 3.06. The summed E-state index contributed by atoms with van der Waals surface area (Å²) in [6, 6.07) is 4.84. The van der Waals surface area contributed by atoms with Crippen molar-refractivity contribution in [3.63, 3.8) is 0 Å². The van der Waals surface area contributed by atoms with Crippen molar-refractivity contribution in [3.8, 4) is 5.75 Å². The van der Waals surface area contributed by atoms with E-state index in [4.69, 9.17) is 4.74 Å². The van der Waals surface area contributed by atoms with E-state index >= 15 is 0 Å². The quantitative estimate of drug-likeness (QED) is 0.749. The molecule has 0 aromatic heterocycles. The number of hydrogen-bond acceptors (Lipinski definition) is 4. The third-order valence-electron chi connectivity index (χ3n) is 3.69. The van der Waals surface area contributed by atoms with Crippen LogP contribution < -0.4 is 14.8 Å². The van der Waals surface area contributed by atoms with Crippen LogP contribution in [0.15, 0.2) is 30.4 Å². The highest BCUT2D eigenvalue weighted by Gasteiger charge is 2.15. The lowest BCUT2D eigenvalue weighted by Gasteiger charge is -2.13. The van der Waals surface area contributed by atoms with Crippen LogP contribution in [0, 0.1) is 5.92 Å². The number of carbonyl (C=O) groups excluding carboxylic acids is 1. The molecule has 6 nitrogen and oxygen atoms in total. The summed E-state index contributed by atoms with van der Waals surface area (Å²) in [5.41, 5.74) is 0.930. The van der Waals surface area contributed by atoms with Gasteiger partial charge in [0.15, 0.2) is 0 Å². The number of hydrogen-bond donors (Lipinski definition) is 2. The van der Waals surface area contributed by atoms with Crippen LogP contribution in [0.5, 0.6) is 5.75 Å². The Balaban J connectivity index is 2.06. The molecule has 0 bridgehead atoms. The van der Waals surface area contributed by atoms with Crippen molar-refractivity contribution >= 4 is 27.3 Å². The Labute approximate surface area is 137 Å². The molecular weight excluding hydrogens is 316 g/mol. The van der Waals surface area contributed by atoms with Crippen LogP contribution in [0.2, 0.25) is 0 Å². The lowest BCUT2D eigenvalue weighted by atomic mass is 10.1. The number of methoxy groups -OCH3 is 1. The average molecular weight is 338 g/mol. The molecule has 7 heteroatoms. The minimum atomic E-state index is -3.38. The van der Waals surface area contributed by atoms with Crippen LogP contribution >= 0.6 is 0 Å². The summed E-state index contributed by atoms with van der Waals surface area (Å²) >= 11 is 0. The molecule has 2 rings (SSSR count). The standard InChI is InChI=1S/C16H22N2O4S/c1-3-23(20,21)18-14-9-8-13(11-15(14)22-2)17-16(19)10-12-6-4-5-7-12/h4,6,8-9,11-12,18H,3,5,7,10H2,1-2H3,(H,17,19)/t12-/m1/s1. The van der Waals surface area contributed by atoms with E-state index in [0.29, 0.717) is 29.5 Å². The second-order valence-electron chi connectivity index (χ2n) is 5.44. The van der Waals surface area contributed by atoms with Crippen LogP contribution in [-0.4, -0.2) is 27.2 Å². The second kappa shape index (κ2) is 7.50.